The van der Waals surface area contributed by atoms with Crippen molar-refractivity contribution in [3.05, 3.63) is 42.7 Å². The van der Waals surface area contributed by atoms with E-state index in [1.807, 2.05) is 29.1 Å². The first-order valence-electron chi connectivity index (χ1n) is 5.04. The van der Waals surface area contributed by atoms with Crippen molar-refractivity contribution in [3.8, 4) is 11.1 Å². The Morgan fingerprint density at radius 3 is 2.67 bits per heavy atom. The largest absolute Gasteiger partial charge is 0.272 e. The summed E-state index contributed by atoms with van der Waals surface area (Å²) in [6, 6.07) is 10.3. The highest BCUT2D eigenvalue weighted by molar-refractivity contribution is 6.17. The van der Waals surface area contributed by atoms with Crippen molar-refractivity contribution in [2.75, 3.05) is 5.88 Å². The third-order valence-electron chi connectivity index (χ3n) is 2.26. The molecule has 2 aromatic rings. The molecule has 0 bridgehead atoms. The molecule has 1 heterocycles. The van der Waals surface area contributed by atoms with Crippen LogP contribution in [-0.2, 0) is 6.54 Å². The molecule has 0 aliphatic heterocycles. The van der Waals surface area contributed by atoms with Gasteiger partial charge in [-0.05, 0) is 12.0 Å². The number of aryl methyl sites for hydroxylation is 1. The standard InChI is InChI=1S/C12H13ClN2/c13-7-4-8-15-10-12(9-14-15)11-5-2-1-3-6-11/h1-3,5-6,9-10H,4,7-8H2. The van der Waals surface area contributed by atoms with Crippen LogP contribution in [0.2, 0.25) is 0 Å². The van der Waals surface area contributed by atoms with Gasteiger partial charge in [-0.1, -0.05) is 30.3 Å². The Balaban J connectivity index is 2.14. The third kappa shape index (κ3) is 2.60. The van der Waals surface area contributed by atoms with E-state index in [2.05, 4.69) is 23.4 Å². The van der Waals surface area contributed by atoms with Crippen LogP contribution < -0.4 is 0 Å². The van der Waals surface area contributed by atoms with E-state index in [0.29, 0.717) is 5.88 Å². The van der Waals surface area contributed by atoms with Gasteiger partial charge in [0.25, 0.3) is 0 Å². The highest BCUT2D eigenvalue weighted by atomic mass is 35.5. The molecule has 2 rings (SSSR count). The molecular formula is C12H13ClN2. The molecule has 3 heteroatoms. The smallest absolute Gasteiger partial charge is 0.0568 e. The molecule has 78 valence electrons. The number of aromatic nitrogens is 2. The summed E-state index contributed by atoms with van der Waals surface area (Å²) in [5.74, 6) is 0.681. The van der Waals surface area contributed by atoms with Gasteiger partial charge in [-0.25, -0.2) is 0 Å². The Hall–Kier alpha value is -1.28. The van der Waals surface area contributed by atoms with Crippen molar-refractivity contribution in [2.24, 2.45) is 0 Å². The van der Waals surface area contributed by atoms with Crippen molar-refractivity contribution in [1.82, 2.24) is 9.78 Å². The van der Waals surface area contributed by atoms with Crippen LogP contribution in [0.1, 0.15) is 6.42 Å². The Labute approximate surface area is 94.5 Å². The fourth-order valence-electron chi connectivity index (χ4n) is 1.49. The molecule has 0 amide bonds. The van der Waals surface area contributed by atoms with Crippen LogP contribution in [0.15, 0.2) is 42.7 Å². The maximum atomic E-state index is 5.63. The van der Waals surface area contributed by atoms with Crippen LogP contribution in [0.25, 0.3) is 11.1 Å². The third-order valence-corrected chi connectivity index (χ3v) is 2.53. The van der Waals surface area contributed by atoms with Gasteiger partial charge in [0.05, 0.1) is 6.20 Å². The molecule has 0 aliphatic rings. The number of benzene rings is 1. The summed E-state index contributed by atoms with van der Waals surface area (Å²) >= 11 is 5.63. The second kappa shape index (κ2) is 4.99. The fraction of sp³-hybridized carbons (Fsp3) is 0.250. The lowest BCUT2D eigenvalue weighted by Crippen LogP contribution is -1.97. The molecule has 15 heavy (non-hydrogen) atoms. The lowest BCUT2D eigenvalue weighted by Gasteiger charge is -1.97. The SMILES string of the molecule is ClCCCn1cc(-c2ccccc2)cn1. The molecule has 0 unspecified atom stereocenters. The number of hydrogen-bond acceptors (Lipinski definition) is 1. The van der Waals surface area contributed by atoms with Crippen LogP contribution >= 0.6 is 11.6 Å². The van der Waals surface area contributed by atoms with E-state index < -0.39 is 0 Å². The van der Waals surface area contributed by atoms with Gasteiger partial charge in [0.2, 0.25) is 0 Å². The zero-order valence-corrected chi connectivity index (χ0v) is 9.19. The molecule has 0 radical (unpaired) electrons. The number of hydrogen-bond donors (Lipinski definition) is 0. The lowest BCUT2D eigenvalue weighted by molar-refractivity contribution is 0.605. The molecule has 1 aromatic carbocycles. The molecule has 0 fully saturated rings. The van der Waals surface area contributed by atoms with Crippen molar-refractivity contribution in [2.45, 2.75) is 13.0 Å². The van der Waals surface area contributed by atoms with Gasteiger partial charge < -0.3 is 0 Å². The summed E-state index contributed by atoms with van der Waals surface area (Å²) in [5, 5.41) is 4.29. The minimum absolute atomic E-state index is 0.681. The van der Waals surface area contributed by atoms with E-state index in [1.54, 1.807) is 0 Å². The molecular weight excluding hydrogens is 208 g/mol. The van der Waals surface area contributed by atoms with Crippen molar-refractivity contribution in [1.29, 1.82) is 0 Å². The van der Waals surface area contributed by atoms with Crippen molar-refractivity contribution < 1.29 is 0 Å². The quantitative estimate of drug-likeness (QED) is 0.724. The van der Waals surface area contributed by atoms with E-state index in [4.69, 9.17) is 11.6 Å². The van der Waals surface area contributed by atoms with Gasteiger partial charge in [-0.3, -0.25) is 4.68 Å². The van der Waals surface area contributed by atoms with E-state index >= 15 is 0 Å². The van der Waals surface area contributed by atoms with E-state index in [-0.39, 0.29) is 0 Å². The zero-order valence-electron chi connectivity index (χ0n) is 8.44. The first-order chi connectivity index (χ1) is 7.40. The molecule has 0 atom stereocenters. The van der Waals surface area contributed by atoms with Crippen LogP contribution in [0.5, 0.6) is 0 Å². The predicted octanol–water partition coefficient (Wildman–Crippen LogP) is 3.18. The molecule has 0 N–H and O–H groups in total. The van der Waals surface area contributed by atoms with Crippen LogP contribution in [0.3, 0.4) is 0 Å². The molecule has 0 saturated heterocycles. The van der Waals surface area contributed by atoms with Crippen LogP contribution in [0, 0.1) is 0 Å². The van der Waals surface area contributed by atoms with Gasteiger partial charge in [-0.15, -0.1) is 11.6 Å². The van der Waals surface area contributed by atoms with Gasteiger partial charge in [0, 0.05) is 24.2 Å². The topological polar surface area (TPSA) is 17.8 Å². The second-order valence-electron chi connectivity index (χ2n) is 3.40. The molecule has 1 aromatic heterocycles. The van der Waals surface area contributed by atoms with Gasteiger partial charge in [-0.2, -0.15) is 5.10 Å². The van der Waals surface area contributed by atoms with E-state index in [1.165, 1.54) is 5.56 Å². The fourth-order valence-corrected chi connectivity index (χ4v) is 1.61. The number of alkyl halides is 1. The molecule has 2 nitrogen and oxygen atoms in total. The maximum absolute atomic E-state index is 5.63. The normalized spacial score (nSPS) is 10.5. The number of rotatable bonds is 4. The van der Waals surface area contributed by atoms with Crippen LogP contribution in [0.4, 0.5) is 0 Å². The summed E-state index contributed by atoms with van der Waals surface area (Å²) in [6.45, 7) is 0.885. The summed E-state index contributed by atoms with van der Waals surface area (Å²) in [4.78, 5) is 0. The lowest BCUT2D eigenvalue weighted by atomic mass is 10.1. The summed E-state index contributed by atoms with van der Waals surface area (Å²) in [5.41, 5.74) is 2.36. The van der Waals surface area contributed by atoms with E-state index in [0.717, 1.165) is 18.5 Å². The molecule has 0 aliphatic carbocycles. The number of halogens is 1. The average Bonchev–Trinajstić information content (AvgIpc) is 2.76. The second-order valence-corrected chi connectivity index (χ2v) is 3.78. The van der Waals surface area contributed by atoms with E-state index in [9.17, 15) is 0 Å². The molecule has 0 saturated carbocycles. The monoisotopic (exact) mass is 220 g/mol. The van der Waals surface area contributed by atoms with Crippen molar-refractivity contribution in [3.63, 3.8) is 0 Å². The van der Waals surface area contributed by atoms with Gasteiger partial charge in [0.15, 0.2) is 0 Å². The number of nitrogens with zero attached hydrogens (tertiary/aromatic N) is 2. The predicted molar refractivity (Wildman–Crippen MR) is 63.0 cm³/mol. The Bertz CT molecular complexity index is 409. The highest BCUT2D eigenvalue weighted by Crippen LogP contribution is 2.17. The Morgan fingerprint density at radius 2 is 1.93 bits per heavy atom. The molecule has 0 spiro atoms. The minimum atomic E-state index is 0.681. The van der Waals surface area contributed by atoms with Gasteiger partial charge >= 0.3 is 0 Å². The summed E-state index contributed by atoms with van der Waals surface area (Å²) in [6.07, 6.45) is 4.91. The van der Waals surface area contributed by atoms with Crippen molar-refractivity contribution >= 4 is 11.6 Å². The summed E-state index contributed by atoms with van der Waals surface area (Å²) in [7, 11) is 0. The van der Waals surface area contributed by atoms with Crippen LogP contribution in [-0.4, -0.2) is 15.7 Å². The maximum Gasteiger partial charge on any atom is 0.0568 e. The Kier molecular flexibility index (Phi) is 3.41. The summed E-state index contributed by atoms with van der Waals surface area (Å²) < 4.78 is 1.94. The zero-order chi connectivity index (χ0) is 10.5. The highest BCUT2D eigenvalue weighted by Gasteiger charge is 2.00. The first-order valence-corrected chi connectivity index (χ1v) is 5.57. The van der Waals surface area contributed by atoms with Gasteiger partial charge in [0.1, 0.15) is 0 Å². The first kappa shape index (κ1) is 10.2. The average molecular weight is 221 g/mol. The Morgan fingerprint density at radius 1 is 1.13 bits per heavy atom. The minimum Gasteiger partial charge on any atom is -0.272 e.